The summed E-state index contributed by atoms with van der Waals surface area (Å²) in [5.74, 6) is 0.148. The van der Waals surface area contributed by atoms with Gasteiger partial charge < -0.3 is 10.1 Å². The third kappa shape index (κ3) is 4.74. The molecule has 1 N–H and O–H groups in total. The molecule has 0 saturated heterocycles. The van der Waals surface area contributed by atoms with Gasteiger partial charge in [-0.1, -0.05) is 55.8 Å². The number of rotatable bonds is 7. The number of benzene rings is 2. The summed E-state index contributed by atoms with van der Waals surface area (Å²) in [6.07, 6.45) is 2.20. The summed E-state index contributed by atoms with van der Waals surface area (Å²) in [6.45, 7) is 6.33. The molecule has 152 valence electrons. The molecule has 1 amide bonds. The summed E-state index contributed by atoms with van der Waals surface area (Å²) in [5.41, 5.74) is 2.04. The SMILES string of the molecule is COc1cc(-n2cnnn2)c(Cl)cc1C(=O)NC(C)CC(C)(C)c1ccccc1. The summed E-state index contributed by atoms with van der Waals surface area (Å²) in [5, 5.41) is 14.4. The Balaban J connectivity index is 1.77. The van der Waals surface area contributed by atoms with Crippen LogP contribution in [-0.2, 0) is 5.41 Å². The second kappa shape index (κ2) is 8.61. The van der Waals surface area contributed by atoms with E-state index in [2.05, 4.69) is 46.8 Å². The molecule has 0 aliphatic carbocycles. The number of hydrogen-bond donors (Lipinski definition) is 1. The van der Waals surface area contributed by atoms with Crippen molar-refractivity contribution in [3.05, 3.63) is 64.9 Å². The molecule has 2 aromatic carbocycles. The summed E-state index contributed by atoms with van der Waals surface area (Å²) in [6, 6.07) is 13.4. The second-order valence-corrected chi connectivity index (χ2v) is 7.99. The molecule has 0 spiro atoms. The number of halogens is 1. The Hall–Kier alpha value is -2.93. The first-order valence-corrected chi connectivity index (χ1v) is 9.67. The normalized spacial score (nSPS) is 12.4. The number of carbonyl (C=O) groups is 1. The minimum atomic E-state index is -0.247. The molecule has 1 aromatic heterocycles. The number of carbonyl (C=O) groups excluding carboxylic acids is 1. The van der Waals surface area contributed by atoms with Crippen LogP contribution in [0.3, 0.4) is 0 Å². The van der Waals surface area contributed by atoms with E-state index in [9.17, 15) is 4.79 Å². The van der Waals surface area contributed by atoms with Gasteiger partial charge in [-0.3, -0.25) is 4.79 Å². The van der Waals surface area contributed by atoms with Crippen LogP contribution in [0.25, 0.3) is 5.69 Å². The van der Waals surface area contributed by atoms with Gasteiger partial charge in [0.15, 0.2) is 0 Å². The van der Waals surface area contributed by atoms with Gasteiger partial charge in [0.1, 0.15) is 12.1 Å². The molecule has 0 aliphatic rings. The predicted molar refractivity (Wildman–Crippen MR) is 112 cm³/mol. The zero-order chi connectivity index (χ0) is 21.0. The molecule has 8 heteroatoms. The van der Waals surface area contributed by atoms with E-state index in [1.807, 2.05) is 25.1 Å². The Morgan fingerprint density at radius 3 is 2.62 bits per heavy atom. The van der Waals surface area contributed by atoms with Gasteiger partial charge >= 0.3 is 0 Å². The van der Waals surface area contributed by atoms with Crippen LogP contribution in [0.15, 0.2) is 48.8 Å². The van der Waals surface area contributed by atoms with Gasteiger partial charge in [-0.2, -0.15) is 4.68 Å². The van der Waals surface area contributed by atoms with E-state index in [0.717, 1.165) is 6.42 Å². The number of nitrogens with one attached hydrogen (secondary N) is 1. The van der Waals surface area contributed by atoms with Crippen molar-refractivity contribution in [1.29, 1.82) is 0 Å². The highest BCUT2D eigenvalue weighted by Crippen LogP contribution is 2.31. The average molecular weight is 414 g/mol. The number of amides is 1. The summed E-state index contributed by atoms with van der Waals surface area (Å²) < 4.78 is 6.82. The fraction of sp³-hybridized carbons (Fsp3) is 0.333. The number of nitrogens with zero attached hydrogens (tertiary/aromatic N) is 4. The third-order valence-corrected chi connectivity index (χ3v) is 5.16. The molecule has 0 bridgehead atoms. The van der Waals surface area contributed by atoms with Crippen LogP contribution in [-0.4, -0.2) is 39.3 Å². The third-order valence-electron chi connectivity index (χ3n) is 4.86. The molecule has 29 heavy (non-hydrogen) atoms. The molecular weight excluding hydrogens is 390 g/mol. The Labute approximate surface area is 175 Å². The number of hydrogen-bond acceptors (Lipinski definition) is 5. The average Bonchev–Trinajstić information content (AvgIpc) is 3.22. The Morgan fingerprint density at radius 2 is 2.00 bits per heavy atom. The molecule has 1 atom stereocenters. The van der Waals surface area contributed by atoms with Crippen LogP contribution in [0.5, 0.6) is 5.75 Å². The van der Waals surface area contributed by atoms with Crippen molar-refractivity contribution in [2.24, 2.45) is 0 Å². The second-order valence-electron chi connectivity index (χ2n) is 7.59. The van der Waals surface area contributed by atoms with Gasteiger partial charge in [0.25, 0.3) is 5.91 Å². The van der Waals surface area contributed by atoms with E-state index in [-0.39, 0.29) is 17.4 Å². The molecule has 0 fully saturated rings. The number of ether oxygens (including phenoxy) is 1. The van der Waals surface area contributed by atoms with E-state index in [0.29, 0.717) is 22.0 Å². The van der Waals surface area contributed by atoms with Crippen molar-refractivity contribution in [1.82, 2.24) is 25.5 Å². The maximum absolute atomic E-state index is 12.9. The van der Waals surface area contributed by atoms with Crippen molar-refractivity contribution >= 4 is 17.5 Å². The van der Waals surface area contributed by atoms with Gasteiger partial charge in [-0.15, -0.1) is 5.10 Å². The Bertz CT molecular complexity index is 974. The van der Waals surface area contributed by atoms with E-state index >= 15 is 0 Å². The first-order valence-electron chi connectivity index (χ1n) is 9.29. The molecule has 7 nitrogen and oxygen atoms in total. The summed E-state index contributed by atoms with van der Waals surface area (Å²) >= 11 is 6.36. The quantitative estimate of drug-likeness (QED) is 0.636. The zero-order valence-electron chi connectivity index (χ0n) is 16.9. The van der Waals surface area contributed by atoms with Crippen molar-refractivity contribution in [2.75, 3.05) is 7.11 Å². The lowest BCUT2D eigenvalue weighted by Gasteiger charge is -2.29. The van der Waals surface area contributed by atoms with Crippen molar-refractivity contribution in [3.8, 4) is 11.4 Å². The molecule has 3 rings (SSSR count). The smallest absolute Gasteiger partial charge is 0.255 e. The first-order chi connectivity index (χ1) is 13.8. The van der Waals surface area contributed by atoms with Crippen molar-refractivity contribution in [2.45, 2.75) is 38.6 Å². The standard InChI is InChI=1S/C21H24ClN5O2/c1-14(12-21(2,3)15-8-6-5-7-9-15)24-20(28)16-10-17(22)18(11-19(16)29-4)27-13-23-25-26-27/h5-11,13-14H,12H2,1-4H3,(H,24,28). The van der Waals surface area contributed by atoms with E-state index in [1.165, 1.54) is 23.7 Å². The maximum Gasteiger partial charge on any atom is 0.255 e. The van der Waals surface area contributed by atoms with E-state index < -0.39 is 0 Å². The van der Waals surface area contributed by atoms with Crippen molar-refractivity contribution < 1.29 is 9.53 Å². The van der Waals surface area contributed by atoms with Gasteiger partial charge in [-0.05, 0) is 40.8 Å². The molecule has 0 saturated carbocycles. The number of tetrazole rings is 1. The molecule has 1 unspecified atom stereocenters. The fourth-order valence-electron chi connectivity index (χ4n) is 3.46. The lowest BCUT2D eigenvalue weighted by atomic mass is 9.79. The molecule has 1 heterocycles. The molecular formula is C21H24ClN5O2. The van der Waals surface area contributed by atoms with Crippen LogP contribution < -0.4 is 10.1 Å². The minimum absolute atomic E-state index is 0.0552. The highest BCUT2D eigenvalue weighted by atomic mass is 35.5. The zero-order valence-corrected chi connectivity index (χ0v) is 17.6. The van der Waals surface area contributed by atoms with Crippen LogP contribution in [0, 0.1) is 0 Å². The van der Waals surface area contributed by atoms with E-state index in [1.54, 1.807) is 12.1 Å². The Kier molecular flexibility index (Phi) is 6.17. The maximum atomic E-state index is 12.9. The highest BCUT2D eigenvalue weighted by Gasteiger charge is 2.25. The number of aromatic nitrogens is 4. The summed E-state index contributed by atoms with van der Waals surface area (Å²) in [4.78, 5) is 12.9. The topological polar surface area (TPSA) is 81.9 Å². The lowest BCUT2D eigenvalue weighted by Crippen LogP contribution is -2.37. The monoisotopic (exact) mass is 413 g/mol. The van der Waals surface area contributed by atoms with Gasteiger partial charge in [0.05, 0.1) is 23.4 Å². The molecule has 0 aliphatic heterocycles. The van der Waals surface area contributed by atoms with Crippen LogP contribution in [0.4, 0.5) is 0 Å². The van der Waals surface area contributed by atoms with Gasteiger partial charge in [-0.25, -0.2) is 0 Å². The predicted octanol–water partition coefficient (Wildman–Crippen LogP) is 3.81. The van der Waals surface area contributed by atoms with Crippen LogP contribution in [0.2, 0.25) is 5.02 Å². The highest BCUT2D eigenvalue weighted by molar-refractivity contribution is 6.33. The Morgan fingerprint density at radius 1 is 1.28 bits per heavy atom. The lowest BCUT2D eigenvalue weighted by molar-refractivity contribution is 0.0931. The first kappa shape index (κ1) is 20.8. The van der Waals surface area contributed by atoms with Gasteiger partial charge in [0, 0.05) is 12.1 Å². The molecule has 3 aromatic rings. The fourth-order valence-corrected chi connectivity index (χ4v) is 3.71. The van der Waals surface area contributed by atoms with Crippen LogP contribution >= 0.6 is 11.6 Å². The van der Waals surface area contributed by atoms with E-state index in [4.69, 9.17) is 16.3 Å². The van der Waals surface area contributed by atoms with Crippen molar-refractivity contribution in [3.63, 3.8) is 0 Å². The largest absolute Gasteiger partial charge is 0.496 e. The van der Waals surface area contributed by atoms with Gasteiger partial charge in [0.2, 0.25) is 0 Å². The summed E-state index contributed by atoms with van der Waals surface area (Å²) in [7, 11) is 1.51. The minimum Gasteiger partial charge on any atom is -0.496 e. The van der Waals surface area contributed by atoms with Crippen LogP contribution in [0.1, 0.15) is 43.1 Å². The number of methoxy groups -OCH3 is 1. The molecule has 0 radical (unpaired) electrons.